The van der Waals surface area contributed by atoms with Gasteiger partial charge in [0.15, 0.2) is 0 Å². The molecule has 0 bridgehead atoms. The summed E-state index contributed by atoms with van der Waals surface area (Å²) in [6.07, 6.45) is 3.77. The van der Waals surface area contributed by atoms with E-state index in [1.165, 1.54) is 35.6 Å². The lowest BCUT2D eigenvalue weighted by Gasteiger charge is -2.42. The minimum Gasteiger partial charge on any atom is -0.330 e. The van der Waals surface area contributed by atoms with Crippen molar-refractivity contribution in [2.45, 2.75) is 24.7 Å². The third-order valence-electron chi connectivity index (χ3n) is 4.12. The zero-order valence-electron chi connectivity index (χ0n) is 9.75. The molecule has 0 atom stereocenters. The summed E-state index contributed by atoms with van der Waals surface area (Å²) in [7, 11) is 0. The molecule has 0 heterocycles. The van der Waals surface area contributed by atoms with Gasteiger partial charge in [-0.2, -0.15) is 0 Å². The monoisotopic (exact) mass is 289 g/mol. The van der Waals surface area contributed by atoms with Crippen molar-refractivity contribution in [2.75, 3.05) is 6.54 Å². The molecular weight excluding hydrogens is 274 g/mol. The zero-order chi connectivity index (χ0) is 11.9. The number of fused-ring (bicyclic) bond motifs is 1. The van der Waals surface area contributed by atoms with Crippen LogP contribution in [0, 0.1) is 0 Å². The van der Waals surface area contributed by atoms with Crippen molar-refractivity contribution in [2.24, 2.45) is 5.73 Å². The molecule has 0 saturated heterocycles. The fourth-order valence-electron chi connectivity index (χ4n) is 2.89. The van der Waals surface area contributed by atoms with Crippen LogP contribution in [0.2, 0.25) is 0 Å². The first-order chi connectivity index (χ1) is 8.25. The van der Waals surface area contributed by atoms with Gasteiger partial charge in [-0.25, -0.2) is 0 Å². The highest BCUT2D eigenvalue weighted by Gasteiger charge is 2.38. The van der Waals surface area contributed by atoms with Crippen molar-refractivity contribution in [1.82, 2.24) is 0 Å². The molecule has 2 aromatic carbocycles. The second-order valence-corrected chi connectivity index (χ2v) is 5.92. The molecule has 1 nitrogen and oxygen atoms in total. The summed E-state index contributed by atoms with van der Waals surface area (Å²) in [5, 5.41) is 2.66. The Morgan fingerprint density at radius 3 is 2.65 bits per heavy atom. The predicted octanol–water partition coefficient (Wildman–Crippen LogP) is 3.98. The Kier molecular flexibility index (Phi) is 2.72. The standard InChI is InChI=1S/C15H16BrN/c16-12-6-5-11-3-1-4-14(13(11)9-12)15(10-17)7-2-8-15/h1,3-6,9H,2,7-8,10,17H2. The van der Waals surface area contributed by atoms with Crippen LogP contribution >= 0.6 is 15.9 Å². The summed E-state index contributed by atoms with van der Waals surface area (Å²) in [4.78, 5) is 0. The van der Waals surface area contributed by atoms with Crippen molar-refractivity contribution in [1.29, 1.82) is 0 Å². The molecule has 0 spiro atoms. The Balaban J connectivity index is 2.25. The maximum atomic E-state index is 6.02. The van der Waals surface area contributed by atoms with Gasteiger partial charge in [-0.15, -0.1) is 0 Å². The Labute approximate surface area is 110 Å². The van der Waals surface area contributed by atoms with Crippen LogP contribution in [0.15, 0.2) is 40.9 Å². The van der Waals surface area contributed by atoms with Gasteiger partial charge in [0, 0.05) is 16.4 Å². The van der Waals surface area contributed by atoms with Crippen LogP contribution in [0.5, 0.6) is 0 Å². The van der Waals surface area contributed by atoms with Gasteiger partial charge < -0.3 is 5.73 Å². The van der Waals surface area contributed by atoms with E-state index >= 15 is 0 Å². The fraction of sp³-hybridized carbons (Fsp3) is 0.333. The number of rotatable bonds is 2. The molecule has 0 unspecified atom stereocenters. The number of nitrogens with two attached hydrogens (primary N) is 1. The number of benzene rings is 2. The van der Waals surface area contributed by atoms with Crippen molar-refractivity contribution in [3.05, 3.63) is 46.4 Å². The quantitative estimate of drug-likeness (QED) is 0.889. The Hall–Kier alpha value is -0.860. The van der Waals surface area contributed by atoms with E-state index in [2.05, 4.69) is 52.3 Å². The van der Waals surface area contributed by atoms with Gasteiger partial charge in [-0.1, -0.05) is 46.6 Å². The molecule has 17 heavy (non-hydrogen) atoms. The average Bonchev–Trinajstić information content (AvgIpc) is 2.29. The second-order valence-electron chi connectivity index (χ2n) is 5.01. The summed E-state index contributed by atoms with van der Waals surface area (Å²) >= 11 is 3.56. The lowest BCUT2D eigenvalue weighted by atomic mass is 9.63. The number of hydrogen-bond donors (Lipinski definition) is 1. The van der Waals surface area contributed by atoms with E-state index in [1.54, 1.807) is 0 Å². The van der Waals surface area contributed by atoms with Crippen molar-refractivity contribution in [3.8, 4) is 0 Å². The Bertz CT molecular complexity index is 552. The highest BCUT2D eigenvalue weighted by atomic mass is 79.9. The van der Waals surface area contributed by atoms with Crippen molar-refractivity contribution in [3.63, 3.8) is 0 Å². The normalized spacial score (nSPS) is 18.0. The maximum Gasteiger partial charge on any atom is 0.0181 e. The smallest absolute Gasteiger partial charge is 0.0181 e. The molecule has 1 saturated carbocycles. The van der Waals surface area contributed by atoms with Crippen molar-refractivity contribution < 1.29 is 0 Å². The Morgan fingerprint density at radius 2 is 2.00 bits per heavy atom. The molecule has 2 aromatic rings. The molecule has 1 aliphatic carbocycles. The second kappa shape index (κ2) is 4.11. The minimum atomic E-state index is 0.236. The van der Waals surface area contributed by atoms with Gasteiger partial charge in [-0.05, 0) is 41.3 Å². The fourth-order valence-corrected chi connectivity index (χ4v) is 3.26. The van der Waals surface area contributed by atoms with Crippen LogP contribution in [0.4, 0.5) is 0 Å². The van der Waals surface area contributed by atoms with E-state index in [4.69, 9.17) is 5.73 Å². The van der Waals surface area contributed by atoms with E-state index in [0.717, 1.165) is 11.0 Å². The summed E-state index contributed by atoms with van der Waals surface area (Å²) in [6.45, 7) is 0.763. The molecular formula is C15H16BrN. The largest absolute Gasteiger partial charge is 0.330 e. The topological polar surface area (TPSA) is 26.0 Å². The summed E-state index contributed by atoms with van der Waals surface area (Å²) in [5.74, 6) is 0. The molecule has 1 aliphatic rings. The van der Waals surface area contributed by atoms with E-state index in [0.29, 0.717) is 0 Å². The lowest BCUT2D eigenvalue weighted by molar-refractivity contribution is 0.255. The molecule has 0 amide bonds. The van der Waals surface area contributed by atoms with Gasteiger partial charge in [0.1, 0.15) is 0 Å². The predicted molar refractivity (Wildman–Crippen MR) is 76.2 cm³/mol. The molecule has 0 radical (unpaired) electrons. The van der Waals surface area contributed by atoms with Gasteiger partial charge >= 0.3 is 0 Å². The lowest BCUT2D eigenvalue weighted by Crippen LogP contribution is -2.41. The van der Waals surface area contributed by atoms with Gasteiger partial charge in [-0.3, -0.25) is 0 Å². The SMILES string of the molecule is NCC1(c2cccc3ccc(Br)cc23)CCC1. The van der Waals surface area contributed by atoms with Crippen LogP contribution < -0.4 is 5.73 Å². The van der Waals surface area contributed by atoms with E-state index in [1.807, 2.05) is 0 Å². The first-order valence-electron chi connectivity index (χ1n) is 6.14. The molecule has 0 aliphatic heterocycles. The highest BCUT2D eigenvalue weighted by molar-refractivity contribution is 9.10. The van der Waals surface area contributed by atoms with Gasteiger partial charge in [0.2, 0.25) is 0 Å². The maximum absolute atomic E-state index is 6.02. The van der Waals surface area contributed by atoms with Crippen LogP contribution in [0.25, 0.3) is 10.8 Å². The van der Waals surface area contributed by atoms with Crippen LogP contribution in [0.1, 0.15) is 24.8 Å². The van der Waals surface area contributed by atoms with Crippen LogP contribution in [0.3, 0.4) is 0 Å². The first kappa shape index (κ1) is 11.2. The van der Waals surface area contributed by atoms with Crippen LogP contribution in [-0.4, -0.2) is 6.54 Å². The van der Waals surface area contributed by atoms with E-state index in [9.17, 15) is 0 Å². The summed E-state index contributed by atoms with van der Waals surface area (Å²) in [6, 6.07) is 13.1. The Morgan fingerprint density at radius 1 is 1.18 bits per heavy atom. The van der Waals surface area contributed by atoms with Crippen molar-refractivity contribution >= 4 is 26.7 Å². The molecule has 0 aromatic heterocycles. The molecule has 88 valence electrons. The third kappa shape index (κ3) is 1.71. The van der Waals surface area contributed by atoms with Gasteiger partial charge in [0.05, 0.1) is 0 Å². The zero-order valence-corrected chi connectivity index (χ0v) is 11.3. The van der Waals surface area contributed by atoms with E-state index in [-0.39, 0.29) is 5.41 Å². The number of halogens is 1. The first-order valence-corrected chi connectivity index (χ1v) is 6.93. The molecule has 1 fully saturated rings. The average molecular weight is 290 g/mol. The highest BCUT2D eigenvalue weighted by Crippen LogP contribution is 2.45. The van der Waals surface area contributed by atoms with E-state index < -0.39 is 0 Å². The van der Waals surface area contributed by atoms with Gasteiger partial charge in [0.25, 0.3) is 0 Å². The molecule has 3 rings (SSSR count). The molecule has 2 N–H and O–H groups in total. The van der Waals surface area contributed by atoms with Crippen LogP contribution in [-0.2, 0) is 5.41 Å². The molecule has 2 heteroatoms. The number of hydrogen-bond acceptors (Lipinski definition) is 1. The summed E-state index contributed by atoms with van der Waals surface area (Å²) in [5.41, 5.74) is 7.69. The summed E-state index contributed by atoms with van der Waals surface area (Å²) < 4.78 is 1.14. The minimum absolute atomic E-state index is 0.236. The third-order valence-corrected chi connectivity index (χ3v) is 4.61.